The third kappa shape index (κ3) is 5.31. The van der Waals surface area contributed by atoms with Crippen LogP contribution < -0.4 is 5.32 Å². The fourth-order valence-corrected chi connectivity index (χ4v) is 2.07. The number of carboxylic acid groups (broad SMARTS) is 1. The number of nitrogens with one attached hydrogen (secondary N) is 1. The van der Waals surface area contributed by atoms with Gasteiger partial charge < -0.3 is 15.3 Å². The van der Waals surface area contributed by atoms with E-state index in [-0.39, 0.29) is 0 Å². The summed E-state index contributed by atoms with van der Waals surface area (Å²) in [6.07, 6.45) is 1.12. The lowest BCUT2D eigenvalue weighted by Gasteiger charge is -2.24. The van der Waals surface area contributed by atoms with Gasteiger partial charge in [0.1, 0.15) is 0 Å². The van der Waals surface area contributed by atoms with Gasteiger partial charge in [-0.2, -0.15) is 0 Å². The van der Waals surface area contributed by atoms with Crippen molar-refractivity contribution < 1.29 is 9.90 Å². The molecule has 0 spiro atoms. The van der Waals surface area contributed by atoms with Gasteiger partial charge in [-0.25, -0.2) is 0 Å². The van der Waals surface area contributed by atoms with E-state index in [2.05, 4.69) is 31.1 Å². The molecule has 2 atom stereocenters. The Morgan fingerprint density at radius 2 is 2.00 bits per heavy atom. The van der Waals surface area contributed by atoms with Crippen LogP contribution in [0.4, 0.5) is 0 Å². The molecule has 0 fully saturated rings. The number of likely N-dealkylation sites (N-methyl/N-ethyl adjacent to an activating group) is 1. The minimum absolute atomic E-state index is 0.466. The van der Waals surface area contributed by atoms with E-state index in [1.807, 2.05) is 30.3 Å². The molecule has 20 heavy (non-hydrogen) atoms. The van der Waals surface area contributed by atoms with Gasteiger partial charge in [0.05, 0.1) is 5.92 Å². The normalized spacial score (nSPS) is 14.2. The molecule has 1 aromatic rings. The minimum Gasteiger partial charge on any atom is -0.481 e. The van der Waals surface area contributed by atoms with E-state index >= 15 is 0 Å². The Kier molecular flexibility index (Phi) is 7.26. The lowest BCUT2D eigenvalue weighted by molar-refractivity contribution is -0.138. The van der Waals surface area contributed by atoms with Crippen molar-refractivity contribution in [1.29, 1.82) is 0 Å². The smallest absolute Gasteiger partial charge is 0.312 e. The van der Waals surface area contributed by atoms with Crippen LogP contribution in [0.25, 0.3) is 0 Å². The topological polar surface area (TPSA) is 52.6 Å². The van der Waals surface area contributed by atoms with Crippen LogP contribution in [-0.2, 0) is 4.79 Å². The monoisotopic (exact) mass is 278 g/mol. The fourth-order valence-electron chi connectivity index (χ4n) is 2.07. The van der Waals surface area contributed by atoms with Crippen molar-refractivity contribution in [2.24, 2.45) is 0 Å². The zero-order chi connectivity index (χ0) is 15.0. The first-order valence-corrected chi connectivity index (χ1v) is 7.25. The third-order valence-electron chi connectivity index (χ3n) is 3.83. The molecule has 0 aliphatic heterocycles. The highest BCUT2D eigenvalue weighted by Crippen LogP contribution is 2.14. The van der Waals surface area contributed by atoms with Crippen LogP contribution in [0.15, 0.2) is 30.3 Å². The van der Waals surface area contributed by atoms with Gasteiger partial charge in [0.15, 0.2) is 0 Å². The highest BCUT2D eigenvalue weighted by molar-refractivity contribution is 5.76. The van der Waals surface area contributed by atoms with E-state index in [1.165, 1.54) is 0 Å². The summed E-state index contributed by atoms with van der Waals surface area (Å²) in [6, 6.07) is 9.94. The largest absolute Gasteiger partial charge is 0.481 e. The third-order valence-corrected chi connectivity index (χ3v) is 3.83. The van der Waals surface area contributed by atoms with Crippen molar-refractivity contribution in [2.75, 3.05) is 26.7 Å². The van der Waals surface area contributed by atoms with Gasteiger partial charge in [0.25, 0.3) is 0 Å². The molecule has 0 aliphatic rings. The molecule has 0 radical (unpaired) electrons. The Balaban J connectivity index is 2.40. The Labute approximate surface area is 121 Å². The van der Waals surface area contributed by atoms with Gasteiger partial charge in [0.2, 0.25) is 0 Å². The van der Waals surface area contributed by atoms with Crippen LogP contribution in [0.5, 0.6) is 0 Å². The minimum atomic E-state index is -0.779. The molecule has 0 bridgehead atoms. The van der Waals surface area contributed by atoms with Crippen LogP contribution >= 0.6 is 0 Å². The quantitative estimate of drug-likeness (QED) is 0.680. The van der Waals surface area contributed by atoms with Crippen LogP contribution in [-0.4, -0.2) is 48.7 Å². The summed E-state index contributed by atoms with van der Waals surface area (Å²) in [5.74, 6) is -1.26. The molecular weight excluding hydrogens is 252 g/mol. The van der Waals surface area contributed by atoms with Crippen molar-refractivity contribution in [2.45, 2.75) is 32.2 Å². The molecular formula is C16H26N2O2. The first kappa shape index (κ1) is 16.7. The maximum atomic E-state index is 11.3. The average molecular weight is 278 g/mol. The summed E-state index contributed by atoms with van der Waals surface area (Å²) < 4.78 is 0. The summed E-state index contributed by atoms with van der Waals surface area (Å²) in [5, 5.41) is 12.6. The Hall–Kier alpha value is -1.39. The first-order chi connectivity index (χ1) is 9.56. The molecule has 0 saturated heterocycles. The van der Waals surface area contributed by atoms with Crippen molar-refractivity contribution in [3.05, 3.63) is 35.9 Å². The second kappa shape index (κ2) is 8.72. The van der Waals surface area contributed by atoms with E-state index in [0.717, 1.165) is 25.1 Å². The lowest BCUT2D eigenvalue weighted by atomic mass is 9.99. The maximum absolute atomic E-state index is 11.3. The fraction of sp³-hybridized carbons (Fsp3) is 0.562. The second-order valence-corrected chi connectivity index (χ2v) is 5.24. The number of rotatable bonds is 9. The predicted octanol–water partition coefficient (Wildman–Crippen LogP) is 2.17. The summed E-state index contributed by atoms with van der Waals surface area (Å²) in [7, 11) is 2.10. The standard InChI is InChI=1S/C16H26N2O2/c1-4-13(2)18(3)11-10-17-12-15(16(19)20)14-8-6-5-7-9-14/h5-9,13,15,17H,4,10-12H2,1-3H3,(H,19,20). The van der Waals surface area contributed by atoms with Crippen molar-refractivity contribution in [3.63, 3.8) is 0 Å². The molecule has 1 rings (SSSR count). The molecule has 0 aliphatic carbocycles. The molecule has 2 N–H and O–H groups in total. The van der Waals surface area contributed by atoms with Gasteiger partial charge in [-0.05, 0) is 26.0 Å². The number of hydrogen-bond donors (Lipinski definition) is 2. The summed E-state index contributed by atoms with van der Waals surface area (Å²) in [6.45, 7) is 6.57. The SMILES string of the molecule is CCC(C)N(C)CCNCC(C(=O)O)c1ccccc1. The van der Waals surface area contributed by atoms with Crippen molar-refractivity contribution in [3.8, 4) is 0 Å². The first-order valence-electron chi connectivity index (χ1n) is 7.25. The number of nitrogens with zero attached hydrogens (tertiary/aromatic N) is 1. The Morgan fingerprint density at radius 1 is 1.35 bits per heavy atom. The van der Waals surface area contributed by atoms with Crippen LogP contribution in [0.3, 0.4) is 0 Å². The molecule has 0 amide bonds. The van der Waals surface area contributed by atoms with Gasteiger partial charge in [0, 0.05) is 25.7 Å². The van der Waals surface area contributed by atoms with Gasteiger partial charge >= 0.3 is 5.97 Å². The molecule has 0 heterocycles. The summed E-state index contributed by atoms with van der Waals surface area (Å²) in [4.78, 5) is 13.6. The zero-order valence-corrected chi connectivity index (χ0v) is 12.7. The molecule has 1 aromatic carbocycles. The predicted molar refractivity (Wildman–Crippen MR) is 82.1 cm³/mol. The van der Waals surface area contributed by atoms with E-state index in [9.17, 15) is 9.90 Å². The molecule has 2 unspecified atom stereocenters. The van der Waals surface area contributed by atoms with Crippen LogP contribution in [0.1, 0.15) is 31.7 Å². The number of carbonyl (C=O) groups is 1. The number of aliphatic carboxylic acids is 1. The number of benzene rings is 1. The Bertz CT molecular complexity index is 395. The summed E-state index contributed by atoms with van der Waals surface area (Å²) in [5.41, 5.74) is 0.850. The average Bonchev–Trinajstić information content (AvgIpc) is 2.46. The van der Waals surface area contributed by atoms with E-state index in [1.54, 1.807) is 0 Å². The lowest BCUT2D eigenvalue weighted by Crippen LogP contribution is -2.37. The van der Waals surface area contributed by atoms with Gasteiger partial charge in [-0.1, -0.05) is 37.3 Å². The van der Waals surface area contributed by atoms with E-state index < -0.39 is 11.9 Å². The maximum Gasteiger partial charge on any atom is 0.312 e. The molecule has 0 saturated carbocycles. The zero-order valence-electron chi connectivity index (χ0n) is 12.7. The van der Waals surface area contributed by atoms with Crippen LogP contribution in [0, 0.1) is 0 Å². The molecule has 4 nitrogen and oxygen atoms in total. The van der Waals surface area contributed by atoms with Gasteiger partial charge in [-0.3, -0.25) is 4.79 Å². The number of hydrogen-bond acceptors (Lipinski definition) is 3. The molecule has 4 heteroatoms. The van der Waals surface area contributed by atoms with Crippen LogP contribution in [0.2, 0.25) is 0 Å². The molecule has 112 valence electrons. The second-order valence-electron chi connectivity index (χ2n) is 5.24. The highest BCUT2D eigenvalue weighted by Gasteiger charge is 2.18. The van der Waals surface area contributed by atoms with E-state index in [4.69, 9.17) is 0 Å². The van der Waals surface area contributed by atoms with Crippen molar-refractivity contribution >= 4 is 5.97 Å². The van der Waals surface area contributed by atoms with Gasteiger partial charge in [-0.15, -0.1) is 0 Å². The Morgan fingerprint density at radius 3 is 2.55 bits per heavy atom. The number of carboxylic acids is 1. The summed E-state index contributed by atoms with van der Waals surface area (Å²) >= 11 is 0. The van der Waals surface area contributed by atoms with Crippen molar-refractivity contribution in [1.82, 2.24) is 10.2 Å². The molecule has 0 aromatic heterocycles. The highest BCUT2D eigenvalue weighted by atomic mass is 16.4. The van der Waals surface area contributed by atoms with E-state index in [0.29, 0.717) is 12.6 Å².